The van der Waals surface area contributed by atoms with Gasteiger partial charge in [-0.15, -0.1) is 0 Å². The van der Waals surface area contributed by atoms with Gasteiger partial charge < -0.3 is 10.6 Å². The lowest BCUT2D eigenvalue weighted by Gasteiger charge is -2.22. The monoisotopic (exact) mass is 210 g/mol. The highest BCUT2D eigenvalue weighted by Crippen LogP contribution is 2.00. The molecule has 4 heteroatoms. The molecule has 1 aromatic heterocycles. The van der Waals surface area contributed by atoms with Crippen molar-refractivity contribution in [3.05, 3.63) is 12.3 Å². The van der Waals surface area contributed by atoms with E-state index >= 15 is 0 Å². The van der Waals surface area contributed by atoms with Gasteiger partial charge in [-0.25, -0.2) is 0 Å². The number of anilines is 1. The maximum Gasteiger partial charge on any atom is 0.145 e. The largest absolute Gasteiger partial charge is 0.382 e. The Hall–Kier alpha value is -1.03. The van der Waals surface area contributed by atoms with E-state index in [1.54, 1.807) is 0 Å². The first-order chi connectivity index (χ1) is 7.11. The maximum absolute atomic E-state index is 5.55. The van der Waals surface area contributed by atoms with Crippen molar-refractivity contribution in [3.63, 3.8) is 0 Å². The Balaban J connectivity index is 2.34. The topological polar surface area (TPSA) is 47.1 Å². The predicted octanol–water partition coefficient (Wildman–Crippen LogP) is 1.44. The fraction of sp³-hybridized carbons (Fsp3) is 0.727. The molecule has 0 fully saturated rings. The zero-order valence-electron chi connectivity index (χ0n) is 9.98. The minimum Gasteiger partial charge on any atom is -0.382 e. The molecule has 0 saturated carbocycles. The second-order valence-corrected chi connectivity index (χ2v) is 4.29. The number of rotatable bonds is 6. The van der Waals surface area contributed by atoms with Crippen LogP contribution in [0, 0.1) is 5.92 Å². The van der Waals surface area contributed by atoms with Crippen molar-refractivity contribution in [1.29, 1.82) is 0 Å². The van der Waals surface area contributed by atoms with Gasteiger partial charge in [0.2, 0.25) is 0 Å². The van der Waals surface area contributed by atoms with Crippen molar-refractivity contribution in [1.82, 2.24) is 14.7 Å². The third-order valence-corrected chi connectivity index (χ3v) is 2.38. The van der Waals surface area contributed by atoms with Crippen molar-refractivity contribution in [2.24, 2.45) is 5.92 Å². The smallest absolute Gasteiger partial charge is 0.145 e. The van der Waals surface area contributed by atoms with Crippen LogP contribution in [0.5, 0.6) is 0 Å². The van der Waals surface area contributed by atoms with Crippen LogP contribution in [0.3, 0.4) is 0 Å². The predicted molar refractivity (Wildman–Crippen MR) is 63.6 cm³/mol. The Labute approximate surface area is 92.1 Å². The Morgan fingerprint density at radius 1 is 1.53 bits per heavy atom. The highest BCUT2D eigenvalue weighted by atomic mass is 15.3. The standard InChI is InChI=1S/C11H22N4/c1-4-14(9-10(2)3)7-8-15-6-5-11(12)13-15/h5-6,10H,4,7-9H2,1-3H3,(H2,12,13). The summed E-state index contributed by atoms with van der Waals surface area (Å²) in [5, 5.41) is 4.16. The summed E-state index contributed by atoms with van der Waals surface area (Å²) in [6.07, 6.45) is 1.93. The molecule has 86 valence electrons. The van der Waals surface area contributed by atoms with Crippen LogP contribution in [-0.2, 0) is 6.54 Å². The highest BCUT2D eigenvalue weighted by molar-refractivity contribution is 5.23. The molecule has 0 aliphatic rings. The number of likely N-dealkylation sites (N-methyl/N-ethyl adjacent to an activating group) is 1. The van der Waals surface area contributed by atoms with Crippen LogP contribution in [0.15, 0.2) is 12.3 Å². The molecule has 0 spiro atoms. The lowest BCUT2D eigenvalue weighted by Crippen LogP contribution is -2.31. The summed E-state index contributed by atoms with van der Waals surface area (Å²) in [6.45, 7) is 10.9. The van der Waals surface area contributed by atoms with E-state index in [-0.39, 0.29) is 0 Å². The second kappa shape index (κ2) is 5.75. The van der Waals surface area contributed by atoms with Crippen molar-refractivity contribution >= 4 is 5.82 Å². The molecule has 0 aliphatic heterocycles. The lowest BCUT2D eigenvalue weighted by molar-refractivity contribution is 0.243. The van der Waals surface area contributed by atoms with Crippen LogP contribution >= 0.6 is 0 Å². The molecule has 1 rings (SSSR count). The maximum atomic E-state index is 5.55. The third kappa shape index (κ3) is 4.34. The summed E-state index contributed by atoms with van der Waals surface area (Å²) in [5.41, 5.74) is 5.55. The van der Waals surface area contributed by atoms with Gasteiger partial charge in [0.05, 0.1) is 6.54 Å². The number of aromatic nitrogens is 2. The summed E-state index contributed by atoms with van der Waals surface area (Å²) in [6, 6.07) is 1.83. The van der Waals surface area contributed by atoms with Crippen molar-refractivity contribution < 1.29 is 0 Å². The summed E-state index contributed by atoms with van der Waals surface area (Å²) < 4.78 is 1.90. The van der Waals surface area contributed by atoms with E-state index in [1.165, 1.54) is 0 Å². The van der Waals surface area contributed by atoms with Crippen LogP contribution in [0.2, 0.25) is 0 Å². The van der Waals surface area contributed by atoms with Gasteiger partial charge in [-0.2, -0.15) is 5.10 Å². The molecule has 0 aromatic carbocycles. The molecule has 1 aromatic rings. The molecule has 0 radical (unpaired) electrons. The van der Waals surface area contributed by atoms with E-state index < -0.39 is 0 Å². The van der Waals surface area contributed by atoms with E-state index in [4.69, 9.17) is 5.73 Å². The average molecular weight is 210 g/mol. The fourth-order valence-electron chi connectivity index (χ4n) is 1.64. The molecule has 0 saturated heterocycles. The number of hydrogen-bond donors (Lipinski definition) is 1. The first-order valence-electron chi connectivity index (χ1n) is 5.63. The van der Waals surface area contributed by atoms with E-state index in [9.17, 15) is 0 Å². The fourth-order valence-corrected chi connectivity index (χ4v) is 1.64. The van der Waals surface area contributed by atoms with Gasteiger partial charge in [0.15, 0.2) is 0 Å². The quantitative estimate of drug-likeness (QED) is 0.773. The van der Waals surface area contributed by atoms with Crippen molar-refractivity contribution in [3.8, 4) is 0 Å². The third-order valence-electron chi connectivity index (χ3n) is 2.38. The zero-order chi connectivity index (χ0) is 11.3. The van der Waals surface area contributed by atoms with E-state index in [0.29, 0.717) is 11.7 Å². The molecule has 0 atom stereocenters. The van der Waals surface area contributed by atoms with Crippen LogP contribution in [0.4, 0.5) is 5.82 Å². The molecule has 0 amide bonds. The van der Waals surface area contributed by atoms with Crippen LogP contribution in [0.25, 0.3) is 0 Å². The first kappa shape index (κ1) is 12.0. The molecule has 15 heavy (non-hydrogen) atoms. The van der Waals surface area contributed by atoms with Crippen LogP contribution in [-0.4, -0.2) is 34.3 Å². The summed E-state index contributed by atoms with van der Waals surface area (Å²) in [4.78, 5) is 2.43. The normalized spacial score (nSPS) is 11.5. The molecule has 0 bridgehead atoms. The lowest BCUT2D eigenvalue weighted by atomic mass is 10.2. The van der Waals surface area contributed by atoms with E-state index in [0.717, 1.165) is 26.2 Å². The number of nitrogen functional groups attached to an aromatic ring is 1. The zero-order valence-corrected chi connectivity index (χ0v) is 9.98. The number of nitrogens with zero attached hydrogens (tertiary/aromatic N) is 3. The summed E-state index contributed by atoms with van der Waals surface area (Å²) in [7, 11) is 0. The van der Waals surface area contributed by atoms with Gasteiger partial charge >= 0.3 is 0 Å². The van der Waals surface area contributed by atoms with E-state index in [1.807, 2.05) is 16.9 Å². The van der Waals surface area contributed by atoms with Gasteiger partial charge in [-0.05, 0) is 18.5 Å². The van der Waals surface area contributed by atoms with Gasteiger partial charge in [0.25, 0.3) is 0 Å². The molecular formula is C11H22N4. The molecule has 4 nitrogen and oxygen atoms in total. The molecule has 0 aliphatic carbocycles. The van der Waals surface area contributed by atoms with Crippen LogP contribution < -0.4 is 5.73 Å². The van der Waals surface area contributed by atoms with Crippen LogP contribution in [0.1, 0.15) is 20.8 Å². The number of hydrogen-bond acceptors (Lipinski definition) is 3. The summed E-state index contributed by atoms with van der Waals surface area (Å²) >= 11 is 0. The summed E-state index contributed by atoms with van der Waals surface area (Å²) in [5.74, 6) is 1.31. The molecule has 0 unspecified atom stereocenters. The Morgan fingerprint density at radius 3 is 2.73 bits per heavy atom. The molecule has 1 heterocycles. The molecule has 2 N–H and O–H groups in total. The first-order valence-corrected chi connectivity index (χ1v) is 5.63. The SMILES string of the molecule is CCN(CCn1ccc(N)n1)CC(C)C. The minimum absolute atomic E-state index is 0.599. The van der Waals surface area contributed by atoms with Gasteiger partial charge in [0.1, 0.15) is 5.82 Å². The minimum atomic E-state index is 0.599. The van der Waals surface area contributed by atoms with Gasteiger partial charge in [-0.1, -0.05) is 20.8 Å². The average Bonchev–Trinajstić information content (AvgIpc) is 2.58. The Bertz CT molecular complexity index is 280. The molecular weight excluding hydrogens is 188 g/mol. The van der Waals surface area contributed by atoms with Crippen molar-refractivity contribution in [2.45, 2.75) is 27.3 Å². The van der Waals surface area contributed by atoms with Gasteiger partial charge in [0, 0.05) is 19.3 Å². The highest BCUT2D eigenvalue weighted by Gasteiger charge is 2.05. The second-order valence-electron chi connectivity index (χ2n) is 4.29. The van der Waals surface area contributed by atoms with Gasteiger partial charge in [-0.3, -0.25) is 4.68 Å². The Morgan fingerprint density at radius 2 is 2.27 bits per heavy atom. The Kier molecular flexibility index (Phi) is 4.62. The van der Waals surface area contributed by atoms with Crippen molar-refractivity contribution in [2.75, 3.05) is 25.4 Å². The van der Waals surface area contributed by atoms with E-state index in [2.05, 4.69) is 30.8 Å². The number of nitrogens with two attached hydrogens (primary N) is 1.